The third kappa shape index (κ3) is 7.58. The van der Waals surface area contributed by atoms with Crippen molar-refractivity contribution in [2.45, 2.75) is 34.1 Å². The van der Waals surface area contributed by atoms with Crippen LogP contribution in [-0.2, 0) is 6.42 Å². The van der Waals surface area contributed by atoms with Crippen molar-refractivity contribution in [3.63, 3.8) is 0 Å². The molecule has 0 nitrogen and oxygen atoms in total. The lowest BCUT2D eigenvalue weighted by Gasteiger charge is -1.96. The Balaban J connectivity index is 0. The molecule has 0 N–H and O–H groups in total. The SMILES string of the molecule is C.C#Cc1ccc(CCC)cc1.C=CC. The second-order valence-electron chi connectivity index (χ2n) is 3.00. The van der Waals surface area contributed by atoms with E-state index >= 15 is 0 Å². The molecular formula is C15H22. The Labute approximate surface area is 95.0 Å². The lowest BCUT2D eigenvalue weighted by Crippen LogP contribution is -1.82. The maximum Gasteiger partial charge on any atom is 0.0242 e. The second-order valence-corrected chi connectivity index (χ2v) is 3.00. The summed E-state index contributed by atoms with van der Waals surface area (Å²) in [6, 6.07) is 8.17. The number of terminal acetylenes is 1. The van der Waals surface area contributed by atoms with Crippen molar-refractivity contribution in [1.29, 1.82) is 0 Å². The minimum absolute atomic E-state index is 0. The van der Waals surface area contributed by atoms with Crippen LogP contribution < -0.4 is 0 Å². The van der Waals surface area contributed by atoms with Gasteiger partial charge in [-0.1, -0.05) is 44.9 Å². The molecule has 0 atom stereocenters. The number of hydrogen-bond acceptors (Lipinski definition) is 0. The molecule has 0 unspecified atom stereocenters. The standard InChI is InChI=1S/C11H12.C3H6.CH4/c1-3-5-11-8-6-10(4-2)7-9-11;1-3-2;/h2,6-9H,3,5H2,1H3;3H,1H2,2H3;1H4. The first kappa shape index (κ1) is 16.0. The van der Waals surface area contributed by atoms with E-state index in [-0.39, 0.29) is 7.43 Å². The molecule has 0 radical (unpaired) electrons. The highest BCUT2D eigenvalue weighted by atomic mass is 13.9. The third-order valence-corrected chi connectivity index (χ3v) is 1.66. The quantitative estimate of drug-likeness (QED) is 0.491. The van der Waals surface area contributed by atoms with E-state index in [0.29, 0.717) is 0 Å². The molecule has 0 aromatic heterocycles. The van der Waals surface area contributed by atoms with Crippen LogP contribution in [-0.4, -0.2) is 0 Å². The van der Waals surface area contributed by atoms with E-state index in [9.17, 15) is 0 Å². The van der Waals surface area contributed by atoms with Gasteiger partial charge >= 0.3 is 0 Å². The van der Waals surface area contributed by atoms with Crippen LogP contribution in [0.25, 0.3) is 0 Å². The molecule has 0 saturated carbocycles. The smallest absolute Gasteiger partial charge is 0.0242 e. The molecule has 0 saturated heterocycles. The van der Waals surface area contributed by atoms with Crippen molar-refractivity contribution >= 4 is 0 Å². The Kier molecular flexibility index (Phi) is 11.3. The van der Waals surface area contributed by atoms with Gasteiger partial charge in [0, 0.05) is 5.56 Å². The molecule has 0 aliphatic carbocycles. The third-order valence-electron chi connectivity index (χ3n) is 1.66. The number of rotatable bonds is 2. The topological polar surface area (TPSA) is 0 Å². The van der Waals surface area contributed by atoms with Gasteiger partial charge in [-0.05, 0) is 31.0 Å². The van der Waals surface area contributed by atoms with Crippen LogP contribution in [0.1, 0.15) is 38.8 Å². The van der Waals surface area contributed by atoms with Gasteiger partial charge in [-0.15, -0.1) is 13.0 Å². The maximum atomic E-state index is 5.22. The number of aryl methyl sites for hydroxylation is 1. The summed E-state index contributed by atoms with van der Waals surface area (Å²) in [4.78, 5) is 0. The second kappa shape index (κ2) is 10.6. The minimum atomic E-state index is 0. The Morgan fingerprint density at radius 2 is 1.80 bits per heavy atom. The molecule has 1 aromatic carbocycles. The van der Waals surface area contributed by atoms with E-state index in [0.717, 1.165) is 12.0 Å². The molecule has 1 rings (SSSR count). The maximum absolute atomic E-state index is 5.22. The summed E-state index contributed by atoms with van der Waals surface area (Å²) in [7, 11) is 0. The minimum Gasteiger partial charge on any atom is -0.115 e. The van der Waals surface area contributed by atoms with E-state index in [1.165, 1.54) is 12.0 Å². The summed E-state index contributed by atoms with van der Waals surface area (Å²) in [5, 5.41) is 0. The summed E-state index contributed by atoms with van der Waals surface area (Å²) in [6.45, 7) is 7.43. The Morgan fingerprint density at radius 3 is 2.13 bits per heavy atom. The fourth-order valence-corrected chi connectivity index (χ4v) is 1.06. The van der Waals surface area contributed by atoms with Crippen LogP contribution >= 0.6 is 0 Å². The van der Waals surface area contributed by atoms with Crippen molar-refractivity contribution < 1.29 is 0 Å². The van der Waals surface area contributed by atoms with Crippen LogP contribution in [0, 0.1) is 12.3 Å². The normalized spacial score (nSPS) is 7.53. The zero-order chi connectivity index (χ0) is 10.8. The zero-order valence-electron chi connectivity index (χ0n) is 9.09. The highest BCUT2D eigenvalue weighted by molar-refractivity contribution is 5.34. The highest BCUT2D eigenvalue weighted by Gasteiger charge is 1.89. The molecule has 0 heteroatoms. The molecule has 15 heavy (non-hydrogen) atoms. The van der Waals surface area contributed by atoms with E-state index in [4.69, 9.17) is 6.42 Å². The van der Waals surface area contributed by atoms with Gasteiger partial charge in [0.05, 0.1) is 0 Å². The van der Waals surface area contributed by atoms with Gasteiger partial charge in [0.25, 0.3) is 0 Å². The van der Waals surface area contributed by atoms with Crippen molar-refractivity contribution in [2.75, 3.05) is 0 Å². The monoisotopic (exact) mass is 202 g/mol. The van der Waals surface area contributed by atoms with Crippen LogP contribution in [0.5, 0.6) is 0 Å². The fourth-order valence-electron chi connectivity index (χ4n) is 1.06. The van der Waals surface area contributed by atoms with Crippen LogP contribution in [0.4, 0.5) is 0 Å². The Morgan fingerprint density at radius 1 is 1.33 bits per heavy atom. The lowest BCUT2D eigenvalue weighted by atomic mass is 10.1. The summed E-state index contributed by atoms with van der Waals surface area (Å²) in [5.41, 5.74) is 2.33. The largest absolute Gasteiger partial charge is 0.115 e. The van der Waals surface area contributed by atoms with Gasteiger partial charge in [0.2, 0.25) is 0 Å². The summed E-state index contributed by atoms with van der Waals surface area (Å²) in [5.74, 6) is 2.60. The van der Waals surface area contributed by atoms with Gasteiger partial charge < -0.3 is 0 Å². The van der Waals surface area contributed by atoms with Gasteiger partial charge in [-0.3, -0.25) is 0 Å². The molecule has 1 aromatic rings. The van der Waals surface area contributed by atoms with Gasteiger partial charge in [-0.2, -0.15) is 0 Å². The highest BCUT2D eigenvalue weighted by Crippen LogP contribution is 2.04. The molecule has 0 fully saturated rings. The van der Waals surface area contributed by atoms with E-state index in [2.05, 4.69) is 31.6 Å². The fraction of sp³-hybridized carbons (Fsp3) is 0.333. The first-order valence-corrected chi connectivity index (χ1v) is 4.91. The zero-order valence-corrected chi connectivity index (χ0v) is 9.09. The summed E-state index contributed by atoms with van der Waals surface area (Å²) in [6.07, 6.45) is 9.31. The molecule has 0 amide bonds. The van der Waals surface area contributed by atoms with Crippen molar-refractivity contribution in [3.05, 3.63) is 48.0 Å². The van der Waals surface area contributed by atoms with Crippen molar-refractivity contribution in [2.24, 2.45) is 0 Å². The number of hydrogen-bond donors (Lipinski definition) is 0. The van der Waals surface area contributed by atoms with Gasteiger partial charge in [-0.25, -0.2) is 0 Å². The molecule has 0 aliphatic rings. The van der Waals surface area contributed by atoms with E-state index in [1.54, 1.807) is 6.08 Å². The number of benzene rings is 1. The lowest BCUT2D eigenvalue weighted by molar-refractivity contribution is 0.922. The van der Waals surface area contributed by atoms with Gasteiger partial charge in [0.15, 0.2) is 0 Å². The molecule has 0 heterocycles. The van der Waals surface area contributed by atoms with E-state index in [1.807, 2.05) is 19.1 Å². The molecule has 0 bridgehead atoms. The average Bonchev–Trinajstić information content (AvgIpc) is 2.21. The van der Waals surface area contributed by atoms with Crippen molar-refractivity contribution in [3.8, 4) is 12.3 Å². The molecular weight excluding hydrogens is 180 g/mol. The summed E-state index contributed by atoms with van der Waals surface area (Å²) < 4.78 is 0. The molecule has 0 spiro atoms. The molecule has 82 valence electrons. The Hall–Kier alpha value is -1.48. The van der Waals surface area contributed by atoms with Crippen LogP contribution in [0.15, 0.2) is 36.9 Å². The number of allylic oxidation sites excluding steroid dienone is 1. The van der Waals surface area contributed by atoms with Crippen LogP contribution in [0.3, 0.4) is 0 Å². The average molecular weight is 202 g/mol. The molecule has 0 aliphatic heterocycles. The van der Waals surface area contributed by atoms with Crippen molar-refractivity contribution in [1.82, 2.24) is 0 Å². The first-order valence-electron chi connectivity index (χ1n) is 4.91. The Bertz CT molecular complexity index is 285. The predicted molar refractivity (Wildman–Crippen MR) is 71.0 cm³/mol. The van der Waals surface area contributed by atoms with Crippen LogP contribution in [0.2, 0.25) is 0 Å². The first-order chi connectivity index (χ1) is 6.78. The summed E-state index contributed by atoms with van der Waals surface area (Å²) >= 11 is 0. The van der Waals surface area contributed by atoms with E-state index < -0.39 is 0 Å². The predicted octanol–water partition coefficient (Wildman–Crippen LogP) is 4.45. The van der Waals surface area contributed by atoms with Gasteiger partial charge in [0.1, 0.15) is 0 Å².